The fourth-order valence-corrected chi connectivity index (χ4v) is 6.94. The minimum Gasteiger partial charge on any atom is -1.00 e. The lowest BCUT2D eigenvalue weighted by Crippen LogP contribution is -3.00. The van der Waals surface area contributed by atoms with E-state index in [0.717, 1.165) is 4.48 Å². The van der Waals surface area contributed by atoms with Gasteiger partial charge in [-0.25, -0.2) is 0 Å². The minimum absolute atomic E-state index is 0. The Morgan fingerprint density at radius 1 is 0.447 bits per heavy atom. The van der Waals surface area contributed by atoms with Crippen LogP contribution in [0.25, 0.3) is 0 Å². The van der Waals surface area contributed by atoms with Gasteiger partial charge < -0.3 is 12.4 Å². The highest BCUT2D eigenvalue weighted by Gasteiger charge is 2.25. The maximum Gasteiger partial charge on any atom is 0.137 e. The normalized spacial score (nSPS) is 12.7. The van der Waals surface area contributed by atoms with Crippen molar-refractivity contribution >= 4 is 0 Å². The van der Waals surface area contributed by atoms with Gasteiger partial charge in [0.25, 0.3) is 0 Å². The van der Waals surface area contributed by atoms with Crippen LogP contribution in [0.4, 0.5) is 0 Å². The molecule has 0 radical (unpaired) electrons. The Labute approximate surface area is 302 Å². The molecule has 0 aliphatic carbocycles. The van der Waals surface area contributed by atoms with Gasteiger partial charge in [-0.1, -0.05) is 217 Å². The summed E-state index contributed by atoms with van der Waals surface area (Å²) < 4.78 is 0.887. The summed E-state index contributed by atoms with van der Waals surface area (Å²) in [5, 5.41) is 0. The molecule has 0 saturated carbocycles. The molecule has 0 N–H and O–H groups in total. The number of hydrogen-bond acceptors (Lipinski definition) is 0. The van der Waals surface area contributed by atoms with E-state index in [4.69, 9.17) is 0 Å². The van der Waals surface area contributed by atoms with Crippen LogP contribution in [0.2, 0.25) is 0 Å². The van der Waals surface area contributed by atoms with Gasteiger partial charge in [-0.05, 0) is 37.8 Å². The van der Waals surface area contributed by atoms with E-state index in [9.17, 15) is 0 Å². The topological polar surface area (TPSA) is 0 Å². The molecule has 0 aliphatic heterocycles. The summed E-state index contributed by atoms with van der Waals surface area (Å²) in [6, 6.07) is 11.5. The van der Waals surface area contributed by atoms with Crippen molar-refractivity contribution in [3.63, 3.8) is 0 Å². The quantitative estimate of drug-likeness (QED) is 0.0388. The zero-order valence-corrected chi connectivity index (χ0v) is 33.1. The van der Waals surface area contributed by atoms with E-state index in [1.807, 2.05) is 0 Å². The van der Waals surface area contributed by atoms with Gasteiger partial charge in [0.05, 0.1) is 20.3 Å². The van der Waals surface area contributed by atoms with Crippen LogP contribution in [0.5, 0.6) is 0 Å². The number of likely N-dealkylation sites (N-methyl/N-ethyl adjacent to an activating group) is 1. The lowest BCUT2D eigenvalue weighted by molar-refractivity contribution is -0.864. The third-order valence-corrected chi connectivity index (χ3v) is 10.1. The van der Waals surface area contributed by atoms with Crippen molar-refractivity contribution in [2.75, 3.05) is 14.1 Å². The number of halogens is 1. The van der Waals surface area contributed by atoms with E-state index < -0.39 is 0 Å². The second-order valence-electron chi connectivity index (χ2n) is 15.1. The molecule has 0 saturated heterocycles. The summed E-state index contributed by atoms with van der Waals surface area (Å²) in [5.74, 6) is 0. The van der Waals surface area contributed by atoms with E-state index in [-0.39, 0.29) is 12.4 Å². The Kier molecular flexibility index (Phi) is 34.0. The molecule has 1 atom stereocenters. The van der Waals surface area contributed by atoms with Gasteiger partial charge in [-0.15, -0.1) is 0 Å². The lowest BCUT2D eigenvalue weighted by Gasteiger charge is -2.33. The Morgan fingerprint density at radius 2 is 0.766 bits per heavy atom. The first-order valence-corrected chi connectivity index (χ1v) is 20.8. The van der Waals surface area contributed by atoms with Crippen LogP contribution in [0.1, 0.15) is 218 Å². The molecule has 0 fully saturated rings. The van der Waals surface area contributed by atoms with Gasteiger partial charge in [-0.3, -0.25) is 4.48 Å². The van der Waals surface area contributed by atoms with E-state index in [1.165, 1.54) is 198 Å². The van der Waals surface area contributed by atoms with E-state index in [2.05, 4.69) is 82.7 Å². The first-order valence-electron chi connectivity index (χ1n) is 20.8. The van der Waals surface area contributed by atoms with Gasteiger partial charge >= 0.3 is 0 Å². The van der Waals surface area contributed by atoms with Crippen LogP contribution in [-0.4, -0.2) is 18.6 Å². The molecule has 1 unspecified atom stereocenters. The average molecular weight is 673 g/mol. The molecule has 1 rings (SSSR count). The summed E-state index contributed by atoms with van der Waals surface area (Å²) in [4.78, 5) is 0. The van der Waals surface area contributed by atoms with Gasteiger partial charge in [0, 0.05) is 5.56 Å². The van der Waals surface area contributed by atoms with Crippen molar-refractivity contribution < 1.29 is 16.9 Å². The fraction of sp³-hybridized carbons (Fsp3) is 0.778. The zero-order chi connectivity index (χ0) is 33.2. The standard InChI is InChI=1S/C45H82N.ClH/c1-5-7-9-11-13-15-17-19-21-23-25-27-29-31-33-38-42-45(44-40-36-35-37-41-44)46(3,4)43-39-34-32-30-28-26-24-22-20-18-16-14-12-10-8-6-2;/h35-43,45H,5-34H2,1-4H3;1H/q+1;/p-1. The number of benzene rings is 1. The minimum atomic E-state index is 0. The van der Waals surface area contributed by atoms with Crippen LogP contribution in [0, 0.1) is 0 Å². The first-order chi connectivity index (χ1) is 22.6. The van der Waals surface area contributed by atoms with Crippen molar-refractivity contribution in [2.24, 2.45) is 0 Å². The highest BCUT2D eigenvalue weighted by atomic mass is 35.5. The third-order valence-electron chi connectivity index (χ3n) is 10.1. The molecule has 0 aromatic heterocycles. The molecule has 274 valence electrons. The summed E-state index contributed by atoms with van der Waals surface area (Å²) in [6.07, 6.45) is 52.3. The molecule has 0 spiro atoms. The molecule has 1 nitrogen and oxygen atoms in total. The van der Waals surface area contributed by atoms with E-state index in [0.29, 0.717) is 6.04 Å². The van der Waals surface area contributed by atoms with Gasteiger partial charge in [0.2, 0.25) is 0 Å². The maximum absolute atomic E-state index is 2.49. The lowest BCUT2D eigenvalue weighted by atomic mass is 10.0. The molecule has 0 bridgehead atoms. The van der Waals surface area contributed by atoms with Gasteiger partial charge in [0.15, 0.2) is 0 Å². The van der Waals surface area contributed by atoms with Crippen LogP contribution >= 0.6 is 0 Å². The highest BCUT2D eigenvalue weighted by molar-refractivity contribution is 5.21. The molecule has 1 aromatic carbocycles. The Hall–Kier alpha value is -1.05. The number of quaternary nitrogens is 1. The summed E-state index contributed by atoms with van der Waals surface area (Å²) in [6.45, 7) is 4.61. The number of rotatable bonds is 34. The average Bonchev–Trinajstić information content (AvgIpc) is 3.06. The molecular weight excluding hydrogens is 590 g/mol. The van der Waals surface area contributed by atoms with E-state index in [1.54, 1.807) is 0 Å². The molecule has 1 aromatic rings. The Balaban J connectivity index is 0.0000212. The molecular formula is C45H82ClN. The van der Waals surface area contributed by atoms with Crippen LogP contribution in [0.3, 0.4) is 0 Å². The monoisotopic (exact) mass is 672 g/mol. The number of unbranched alkanes of at least 4 members (excludes halogenated alkanes) is 28. The van der Waals surface area contributed by atoms with Crippen molar-refractivity contribution in [1.82, 2.24) is 0 Å². The second kappa shape index (κ2) is 34.8. The number of allylic oxidation sites excluding steroid dienone is 2. The van der Waals surface area contributed by atoms with Crippen molar-refractivity contribution in [3.05, 3.63) is 60.3 Å². The molecule has 2 heteroatoms. The van der Waals surface area contributed by atoms with Crippen LogP contribution in [-0.2, 0) is 0 Å². The number of nitrogens with zero attached hydrogens (tertiary/aromatic N) is 1. The first kappa shape index (κ1) is 46.0. The largest absolute Gasteiger partial charge is 1.00 e. The van der Waals surface area contributed by atoms with Crippen LogP contribution in [0.15, 0.2) is 54.8 Å². The fourth-order valence-electron chi connectivity index (χ4n) is 6.94. The van der Waals surface area contributed by atoms with Gasteiger partial charge in [0.1, 0.15) is 6.04 Å². The molecule has 0 aliphatic rings. The third kappa shape index (κ3) is 28.5. The Morgan fingerprint density at radius 3 is 1.13 bits per heavy atom. The maximum atomic E-state index is 2.49. The molecule has 0 heterocycles. The van der Waals surface area contributed by atoms with Crippen molar-refractivity contribution in [3.8, 4) is 0 Å². The second-order valence-corrected chi connectivity index (χ2v) is 15.1. The van der Waals surface area contributed by atoms with Crippen molar-refractivity contribution in [2.45, 2.75) is 213 Å². The summed E-state index contributed by atoms with van der Waals surface area (Å²) >= 11 is 0. The molecule has 0 amide bonds. The Bertz CT molecular complexity index is 797. The van der Waals surface area contributed by atoms with Crippen LogP contribution < -0.4 is 12.4 Å². The zero-order valence-electron chi connectivity index (χ0n) is 32.3. The highest BCUT2D eigenvalue weighted by Crippen LogP contribution is 2.28. The van der Waals surface area contributed by atoms with Crippen molar-refractivity contribution in [1.29, 1.82) is 0 Å². The number of hydrogen-bond donors (Lipinski definition) is 0. The van der Waals surface area contributed by atoms with Gasteiger partial charge in [-0.2, -0.15) is 0 Å². The summed E-state index contributed by atoms with van der Waals surface area (Å²) in [5.41, 5.74) is 1.42. The molecule has 47 heavy (non-hydrogen) atoms. The predicted molar refractivity (Wildman–Crippen MR) is 209 cm³/mol. The van der Waals surface area contributed by atoms with E-state index >= 15 is 0 Å². The smallest absolute Gasteiger partial charge is 0.137 e. The SMILES string of the molecule is CCCCCCCCCCCCCCCCC=CC(c1ccccc1)[N+](C)(C)C=CCCCCCCCCCCCCCCCC.[Cl-]. The summed E-state index contributed by atoms with van der Waals surface area (Å²) in [7, 11) is 4.74. The predicted octanol–water partition coefficient (Wildman–Crippen LogP) is 12.6.